The average molecular weight is 283 g/mol. The molecule has 0 bridgehead atoms. The summed E-state index contributed by atoms with van der Waals surface area (Å²) in [7, 11) is 1.66. The second-order valence-corrected chi connectivity index (χ2v) is 5.66. The van der Waals surface area contributed by atoms with Crippen molar-refractivity contribution in [1.82, 2.24) is 0 Å². The summed E-state index contributed by atoms with van der Waals surface area (Å²) >= 11 is 0. The summed E-state index contributed by atoms with van der Waals surface area (Å²) in [6, 6.07) is 12.2. The van der Waals surface area contributed by atoms with Crippen molar-refractivity contribution >= 4 is 0 Å². The van der Waals surface area contributed by atoms with Crippen molar-refractivity contribution in [3.05, 3.63) is 58.7 Å². The lowest BCUT2D eigenvalue weighted by molar-refractivity contribution is 0.159. The maximum atomic E-state index is 6.34. The Morgan fingerprint density at radius 3 is 2.52 bits per heavy atom. The number of nitrogens with two attached hydrogens (primary N) is 1. The number of hydrogen-bond acceptors (Lipinski definition) is 3. The van der Waals surface area contributed by atoms with Crippen LogP contribution in [0.3, 0.4) is 0 Å². The molecule has 2 aromatic rings. The molecule has 110 valence electrons. The van der Waals surface area contributed by atoms with Crippen LogP contribution in [0.2, 0.25) is 0 Å². The van der Waals surface area contributed by atoms with E-state index >= 15 is 0 Å². The molecule has 0 aromatic heterocycles. The van der Waals surface area contributed by atoms with E-state index < -0.39 is 0 Å². The lowest BCUT2D eigenvalue weighted by atomic mass is 9.89. The molecule has 0 radical (unpaired) electrons. The predicted octanol–water partition coefficient (Wildman–Crippen LogP) is 3.84. The van der Waals surface area contributed by atoms with Crippen molar-refractivity contribution in [2.45, 2.75) is 32.4 Å². The van der Waals surface area contributed by atoms with E-state index in [2.05, 4.69) is 32.0 Å². The van der Waals surface area contributed by atoms with Gasteiger partial charge in [0.05, 0.1) is 7.11 Å². The van der Waals surface area contributed by atoms with Crippen LogP contribution in [0.5, 0.6) is 11.5 Å². The highest BCUT2D eigenvalue weighted by atomic mass is 16.5. The van der Waals surface area contributed by atoms with Gasteiger partial charge in [0, 0.05) is 24.1 Å². The minimum Gasteiger partial charge on any atom is -0.497 e. The summed E-state index contributed by atoms with van der Waals surface area (Å²) in [5, 5.41) is 0. The first kappa shape index (κ1) is 14.0. The third kappa shape index (κ3) is 2.49. The summed E-state index contributed by atoms with van der Waals surface area (Å²) in [6.07, 6.45) is 0.797. The highest BCUT2D eigenvalue weighted by molar-refractivity contribution is 5.46. The first-order valence-corrected chi connectivity index (χ1v) is 7.26. The van der Waals surface area contributed by atoms with E-state index in [1.54, 1.807) is 7.11 Å². The van der Waals surface area contributed by atoms with Crippen LogP contribution in [-0.2, 0) is 0 Å². The molecule has 3 heteroatoms. The van der Waals surface area contributed by atoms with Gasteiger partial charge in [-0.15, -0.1) is 0 Å². The van der Waals surface area contributed by atoms with Gasteiger partial charge in [-0.05, 0) is 36.6 Å². The van der Waals surface area contributed by atoms with E-state index in [9.17, 15) is 0 Å². The number of aryl methyl sites for hydroxylation is 2. The van der Waals surface area contributed by atoms with Crippen LogP contribution in [0, 0.1) is 13.8 Å². The largest absolute Gasteiger partial charge is 0.497 e. The molecule has 21 heavy (non-hydrogen) atoms. The number of hydrogen-bond donors (Lipinski definition) is 1. The highest BCUT2D eigenvalue weighted by Crippen LogP contribution is 2.42. The van der Waals surface area contributed by atoms with Gasteiger partial charge in [0.1, 0.15) is 17.6 Å². The van der Waals surface area contributed by atoms with E-state index in [0.717, 1.165) is 23.5 Å². The molecular weight excluding hydrogens is 262 g/mol. The quantitative estimate of drug-likeness (QED) is 0.911. The zero-order valence-corrected chi connectivity index (χ0v) is 12.7. The van der Waals surface area contributed by atoms with Crippen LogP contribution in [0.1, 0.15) is 40.8 Å². The van der Waals surface area contributed by atoms with Crippen LogP contribution in [0.4, 0.5) is 0 Å². The van der Waals surface area contributed by atoms with Crippen molar-refractivity contribution < 1.29 is 9.47 Å². The normalized spacial score (nSPS) is 20.6. The van der Waals surface area contributed by atoms with Gasteiger partial charge in [-0.3, -0.25) is 0 Å². The molecule has 1 unspecified atom stereocenters. The minimum absolute atomic E-state index is 0.000746. The fourth-order valence-corrected chi connectivity index (χ4v) is 3.12. The molecule has 3 rings (SSSR count). The number of ether oxygens (including phenoxy) is 2. The Bertz CT molecular complexity index is 646. The van der Waals surface area contributed by atoms with Gasteiger partial charge in [-0.25, -0.2) is 0 Å². The maximum Gasteiger partial charge on any atom is 0.128 e. The second kappa shape index (κ2) is 5.41. The zero-order chi connectivity index (χ0) is 15.0. The molecule has 2 N–H and O–H groups in total. The van der Waals surface area contributed by atoms with Crippen LogP contribution < -0.4 is 15.2 Å². The smallest absolute Gasteiger partial charge is 0.128 e. The third-order valence-electron chi connectivity index (χ3n) is 4.22. The predicted molar refractivity (Wildman–Crippen MR) is 83.8 cm³/mol. The first-order valence-electron chi connectivity index (χ1n) is 7.26. The Kier molecular flexibility index (Phi) is 3.60. The number of fused-ring (bicyclic) bond motifs is 1. The number of benzene rings is 2. The molecule has 0 aliphatic carbocycles. The average Bonchev–Trinajstić information content (AvgIpc) is 2.46. The van der Waals surface area contributed by atoms with E-state index in [1.165, 1.54) is 16.7 Å². The molecule has 1 aliphatic heterocycles. The molecule has 0 saturated heterocycles. The Hall–Kier alpha value is -2.00. The molecular formula is C18H21NO2. The van der Waals surface area contributed by atoms with Gasteiger partial charge >= 0.3 is 0 Å². The van der Waals surface area contributed by atoms with E-state index in [-0.39, 0.29) is 12.1 Å². The Morgan fingerprint density at radius 2 is 1.86 bits per heavy atom. The van der Waals surface area contributed by atoms with Crippen LogP contribution >= 0.6 is 0 Å². The Labute approximate surface area is 125 Å². The van der Waals surface area contributed by atoms with Crippen molar-refractivity contribution in [3.8, 4) is 11.5 Å². The molecule has 0 saturated carbocycles. The third-order valence-corrected chi connectivity index (χ3v) is 4.22. The van der Waals surface area contributed by atoms with Crippen molar-refractivity contribution in [2.75, 3.05) is 7.11 Å². The fraction of sp³-hybridized carbons (Fsp3) is 0.333. The van der Waals surface area contributed by atoms with Gasteiger partial charge in [-0.1, -0.05) is 24.3 Å². The van der Waals surface area contributed by atoms with Gasteiger partial charge in [-0.2, -0.15) is 0 Å². The highest BCUT2D eigenvalue weighted by Gasteiger charge is 2.29. The summed E-state index contributed by atoms with van der Waals surface area (Å²) in [4.78, 5) is 0. The van der Waals surface area contributed by atoms with Gasteiger partial charge in [0.25, 0.3) is 0 Å². The van der Waals surface area contributed by atoms with Crippen molar-refractivity contribution in [2.24, 2.45) is 5.73 Å². The van der Waals surface area contributed by atoms with Crippen LogP contribution in [-0.4, -0.2) is 7.11 Å². The van der Waals surface area contributed by atoms with Gasteiger partial charge < -0.3 is 15.2 Å². The van der Waals surface area contributed by atoms with Crippen molar-refractivity contribution in [1.29, 1.82) is 0 Å². The molecule has 1 heterocycles. The summed E-state index contributed by atoms with van der Waals surface area (Å²) in [5.41, 5.74) is 11.1. The van der Waals surface area contributed by atoms with Crippen LogP contribution in [0.15, 0.2) is 36.4 Å². The number of methoxy groups -OCH3 is 1. The summed E-state index contributed by atoms with van der Waals surface area (Å²) < 4.78 is 11.5. The lowest BCUT2D eigenvalue weighted by Gasteiger charge is -2.32. The van der Waals surface area contributed by atoms with Gasteiger partial charge in [0.2, 0.25) is 0 Å². The molecule has 2 aromatic carbocycles. The topological polar surface area (TPSA) is 44.5 Å². The molecule has 3 nitrogen and oxygen atoms in total. The minimum atomic E-state index is -0.0105. The standard InChI is InChI=1S/C18H21NO2/c1-11-5-4-6-12(2)18(11)17-10-15(19)14-8-7-13(20-3)9-16(14)21-17/h4-9,15,17H,10,19H2,1-3H3/t15-,17?/m0/s1. The van der Waals surface area contributed by atoms with E-state index in [1.807, 2.05) is 18.2 Å². The fourth-order valence-electron chi connectivity index (χ4n) is 3.12. The zero-order valence-electron chi connectivity index (χ0n) is 12.7. The van der Waals surface area contributed by atoms with Crippen LogP contribution in [0.25, 0.3) is 0 Å². The second-order valence-electron chi connectivity index (χ2n) is 5.66. The summed E-state index contributed by atoms with van der Waals surface area (Å²) in [6.45, 7) is 4.25. The first-order chi connectivity index (χ1) is 10.1. The SMILES string of the molecule is COc1ccc2c(c1)OC(c1c(C)cccc1C)C[C@@H]2N. The molecule has 0 amide bonds. The van der Waals surface area contributed by atoms with E-state index in [4.69, 9.17) is 15.2 Å². The van der Waals surface area contributed by atoms with Crippen molar-refractivity contribution in [3.63, 3.8) is 0 Å². The summed E-state index contributed by atoms with van der Waals surface area (Å²) in [5.74, 6) is 1.63. The monoisotopic (exact) mass is 283 g/mol. The Balaban J connectivity index is 2.01. The molecule has 1 aliphatic rings. The molecule has 2 atom stereocenters. The van der Waals surface area contributed by atoms with E-state index in [0.29, 0.717) is 0 Å². The lowest BCUT2D eigenvalue weighted by Crippen LogP contribution is -2.25. The maximum absolute atomic E-state index is 6.34. The van der Waals surface area contributed by atoms with Gasteiger partial charge in [0.15, 0.2) is 0 Å². The Morgan fingerprint density at radius 1 is 1.14 bits per heavy atom. The molecule has 0 spiro atoms. The molecule has 0 fully saturated rings. The number of rotatable bonds is 2.